The standard InChI is InChI=1S/C29H30O6/c1-20-28(14-13-26(29(20)32)27(31)16-21-5-2-3-6-21)34-18-23-8-4-7-22(15-23)17-33-24-9-11-25(12-10-24)35-19-30/h4,7-15,19,21,32H,2-3,5-6,16-18H2,1H3. The van der Waals surface area contributed by atoms with Crippen LogP contribution in [-0.2, 0) is 18.0 Å². The maximum absolute atomic E-state index is 12.7. The summed E-state index contributed by atoms with van der Waals surface area (Å²) in [7, 11) is 0. The van der Waals surface area contributed by atoms with Crippen LogP contribution in [0, 0.1) is 12.8 Å². The molecular weight excluding hydrogens is 444 g/mol. The Labute approximate surface area is 205 Å². The van der Waals surface area contributed by atoms with Crippen LogP contribution in [0.1, 0.15) is 59.2 Å². The van der Waals surface area contributed by atoms with Crippen LogP contribution in [0.5, 0.6) is 23.0 Å². The van der Waals surface area contributed by atoms with E-state index in [2.05, 4.69) is 0 Å². The fraction of sp³-hybridized carbons (Fsp3) is 0.310. The molecule has 0 saturated heterocycles. The van der Waals surface area contributed by atoms with Crippen molar-refractivity contribution in [3.8, 4) is 23.0 Å². The minimum Gasteiger partial charge on any atom is -0.507 e. The molecule has 6 heteroatoms. The monoisotopic (exact) mass is 474 g/mol. The maximum atomic E-state index is 12.7. The number of phenolic OH excluding ortho intramolecular Hbond substituents is 1. The van der Waals surface area contributed by atoms with E-state index in [1.54, 1.807) is 43.3 Å². The quantitative estimate of drug-likeness (QED) is 0.265. The van der Waals surface area contributed by atoms with Crippen molar-refractivity contribution in [3.63, 3.8) is 0 Å². The number of ether oxygens (including phenoxy) is 3. The van der Waals surface area contributed by atoms with Gasteiger partial charge in [0.1, 0.15) is 36.2 Å². The first kappa shape index (κ1) is 24.3. The van der Waals surface area contributed by atoms with Crippen LogP contribution in [0.2, 0.25) is 0 Å². The van der Waals surface area contributed by atoms with Crippen molar-refractivity contribution >= 4 is 12.3 Å². The molecule has 0 unspecified atom stereocenters. The molecule has 0 aromatic heterocycles. The molecule has 0 heterocycles. The lowest BCUT2D eigenvalue weighted by Crippen LogP contribution is -2.07. The van der Waals surface area contributed by atoms with E-state index in [1.165, 1.54) is 12.8 Å². The van der Waals surface area contributed by atoms with Gasteiger partial charge in [0.05, 0.1) is 5.56 Å². The third-order valence-electron chi connectivity index (χ3n) is 6.43. The number of carbonyl (C=O) groups excluding carboxylic acids is 2. The lowest BCUT2D eigenvalue weighted by atomic mass is 9.95. The van der Waals surface area contributed by atoms with Crippen molar-refractivity contribution < 1.29 is 28.9 Å². The number of carbonyl (C=O) groups is 2. The van der Waals surface area contributed by atoms with Crippen molar-refractivity contribution in [2.75, 3.05) is 0 Å². The zero-order valence-corrected chi connectivity index (χ0v) is 19.9. The van der Waals surface area contributed by atoms with Gasteiger partial charge in [0, 0.05) is 12.0 Å². The predicted octanol–water partition coefficient (Wildman–Crippen LogP) is 6.16. The third kappa shape index (κ3) is 6.41. The molecular formula is C29H30O6. The van der Waals surface area contributed by atoms with E-state index in [1.807, 2.05) is 24.3 Å². The Bertz CT molecular complexity index is 1160. The minimum atomic E-state index is 0.00246. The zero-order chi connectivity index (χ0) is 24.6. The Hall–Kier alpha value is -3.80. The zero-order valence-electron chi connectivity index (χ0n) is 19.9. The predicted molar refractivity (Wildman–Crippen MR) is 132 cm³/mol. The smallest absolute Gasteiger partial charge is 0.298 e. The molecule has 35 heavy (non-hydrogen) atoms. The Morgan fingerprint density at radius 1 is 0.943 bits per heavy atom. The largest absolute Gasteiger partial charge is 0.507 e. The number of aromatic hydroxyl groups is 1. The van der Waals surface area contributed by atoms with Gasteiger partial charge in [-0.2, -0.15) is 0 Å². The van der Waals surface area contributed by atoms with Crippen LogP contribution >= 0.6 is 0 Å². The molecule has 1 fully saturated rings. The van der Waals surface area contributed by atoms with Crippen molar-refractivity contribution in [1.29, 1.82) is 0 Å². The van der Waals surface area contributed by atoms with Gasteiger partial charge in [-0.3, -0.25) is 9.59 Å². The molecule has 0 amide bonds. The molecule has 0 atom stereocenters. The van der Waals surface area contributed by atoms with E-state index in [9.17, 15) is 14.7 Å². The number of benzene rings is 3. The van der Waals surface area contributed by atoms with Crippen LogP contribution in [0.3, 0.4) is 0 Å². The van der Waals surface area contributed by atoms with Crippen LogP contribution in [0.4, 0.5) is 0 Å². The van der Waals surface area contributed by atoms with E-state index < -0.39 is 0 Å². The van der Waals surface area contributed by atoms with Gasteiger partial charge in [-0.15, -0.1) is 0 Å². The minimum absolute atomic E-state index is 0.00246. The Kier molecular flexibility index (Phi) is 8.03. The first-order valence-corrected chi connectivity index (χ1v) is 11.9. The average molecular weight is 475 g/mol. The highest BCUT2D eigenvalue weighted by Gasteiger charge is 2.22. The molecule has 0 radical (unpaired) electrons. The Morgan fingerprint density at radius 2 is 1.60 bits per heavy atom. The Morgan fingerprint density at radius 3 is 2.29 bits per heavy atom. The molecule has 0 bridgehead atoms. The maximum Gasteiger partial charge on any atom is 0.298 e. The molecule has 3 aromatic carbocycles. The van der Waals surface area contributed by atoms with Gasteiger partial charge < -0.3 is 19.3 Å². The van der Waals surface area contributed by atoms with Gasteiger partial charge in [-0.25, -0.2) is 0 Å². The van der Waals surface area contributed by atoms with Crippen molar-refractivity contribution in [2.45, 2.75) is 52.2 Å². The van der Waals surface area contributed by atoms with Gasteiger partial charge in [0.25, 0.3) is 6.47 Å². The van der Waals surface area contributed by atoms with E-state index in [0.29, 0.717) is 60.4 Å². The fourth-order valence-electron chi connectivity index (χ4n) is 4.46. The summed E-state index contributed by atoms with van der Waals surface area (Å²) < 4.78 is 16.6. The first-order valence-electron chi connectivity index (χ1n) is 11.9. The van der Waals surface area contributed by atoms with Crippen molar-refractivity contribution in [3.05, 3.63) is 82.9 Å². The molecule has 3 aromatic rings. The molecule has 1 N–H and O–H groups in total. The molecule has 6 nitrogen and oxygen atoms in total. The highest BCUT2D eigenvalue weighted by molar-refractivity contribution is 5.99. The summed E-state index contributed by atoms with van der Waals surface area (Å²) in [6.45, 7) is 2.85. The number of phenols is 1. The molecule has 0 spiro atoms. The molecule has 1 saturated carbocycles. The number of Topliss-reactive ketones (excluding diaryl/α,β-unsaturated/α-hetero) is 1. The van der Waals surface area contributed by atoms with Crippen LogP contribution in [-0.4, -0.2) is 17.4 Å². The number of ketones is 1. The molecule has 4 rings (SSSR count). The van der Waals surface area contributed by atoms with Gasteiger partial charge in [0.2, 0.25) is 0 Å². The topological polar surface area (TPSA) is 82.1 Å². The highest BCUT2D eigenvalue weighted by atomic mass is 16.5. The molecule has 1 aliphatic rings. The second-order valence-electron chi connectivity index (χ2n) is 8.95. The third-order valence-corrected chi connectivity index (χ3v) is 6.43. The summed E-state index contributed by atoms with van der Waals surface area (Å²) in [5.74, 6) is 2.13. The Balaban J connectivity index is 1.34. The van der Waals surface area contributed by atoms with Crippen LogP contribution in [0.15, 0.2) is 60.7 Å². The van der Waals surface area contributed by atoms with Crippen molar-refractivity contribution in [2.24, 2.45) is 5.92 Å². The SMILES string of the molecule is Cc1c(OCc2cccc(COc3ccc(OC=O)cc3)c2)ccc(C(=O)CC2CCCC2)c1O. The summed E-state index contributed by atoms with van der Waals surface area (Å²) in [6, 6.07) is 18.1. The summed E-state index contributed by atoms with van der Waals surface area (Å²) in [6.07, 6.45) is 5.07. The number of hydrogen-bond acceptors (Lipinski definition) is 6. The van der Waals surface area contributed by atoms with Crippen molar-refractivity contribution in [1.82, 2.24) is 0 Å². The van der Waals surface area contributed by atoms with E-state index in [4.69, 9.17) is 14.2 Å². The van der Waals surface area contributed by atoms with E-state index in [-0.39, 0.29) is 11.5 Å². The number of rotatable bonds is 11. The average Bonchev–Trinajstić information content (AvgIpc) is 3.38. The van der Waals surface area contributed by atoms with E-state index in [0.717, 1.165) is 24.0 Å². The second-order valence-corrected chi connectivity index (χ2v) is 8.95. The molecule has 0 aliphatic heterocycles. The lowest BCUT2D eigenvalue weighted by Gasteiger charge is -2.14. The van der Waals surface area contributed by atoms with Gasteiger partial charge in [-0.05, 0) is 66.4 Å². The lowest BCUT2D eigenvalue weighted by molar-refractivity contribution is -0.120. The second kappa shape index (κ2) is 11.6. The summed E-state index contributed by atoms with van der Waals surface area (Å²) in [5, 5.41) is 10.6. The normalized spacial score (nSPS) is 13.4. The fourth-order valence-corrected chi connectivity index (χ4v) is 4.46. The first-order chi connectivity index (χ1) is 17.0. The highest BCUT2D eigenvalue weighted by Crippen LogP contribution is 2.34. The van der Waals surface area contributed by atoms with Crippen LogP contribution in [0.25, 0.3) is 0 Å². The molecule has 182 valence electrons. The van der Waals surface area contributed by atoms with E-state index >= 15 is 0 Å². The van der Waals surface area contributed by atoms with Gasteiger partial charge >= 0.3 is 0 Å². The number of hydrogen-bond donors (Lipinski definition) is 1. The molecule has 1 aliphatic carbocycles. The van der Waals surface area contributed by atoms with Crippen LogP contribution < -0.4 is 14.2 Å². The summed E-state index contributed by atoms with van der Waals surface area (Å²) in [4.78, 5) is 23.1. The summed E-state index contributed by atoms with van der Waals surface area (Å²) in [5.41, 5.74) is 2.89. The van der Waals surface area contributed by atoms with Gasteiger partial charge in [-0.1, -0.05) is 43.9 Å². The van der Waals surface area contributed by atoms with Gasteiger partial charge in [0.15, 0.2) is 5.78 Å². The summed E-state index contributed by atoms with van der Waals surface area (Å²) >= 11 is 0.